The van der Waals surface area contributed by atoms with Gasteiger partial charge in [0.2, 0.25) is 0 Å². The van der Waals surface area contributed by atoms with Crippen molar-refractivity contribution in [3.05, 3.63) is 79.8 Å². The molecule has 0 saturated heterocycles. The molecule has 4 aromatic rings. The van der Waals surface area contributed by atoms with Crippen LogP contribution in [0.1, 0.15) is 16.1 Å². The van der Waals surface area contributed by atoms with Crippen LogP contribution in [-0.4, -0.2) is 26.4 Å². The summed E-state index contributed by atoms with van der Waals surface area (Å²) in [4.78, 5) is 28.0. The van der Waals surface area contributed by atoms with Gasteiger partial charge in [0.15, 0.2) is 0 Å². The Morgan fingerprint density at radius 3 is 2.82 bits per heavy atom. The van der Waals surface area contributed by atoms with Crippen LogP contribution in [-0.2, 0) is 19.5 Å². The Morgan fingerprint density at radius 1 is 1.18 bits per heavy atom. The Hall–Kier alpha value is -2.35. The van der Waals surface area contributed by atoms with Crippen LogP contribution in [0, 0.1) is 0 Å². The summed E-state index contributed by atoms with van der Waals surface area (Å²) in [5.74, 6) is 0.607. The number of pyridine rings is 1. The molecule has 0 bridgehead atoms. The van der Waals surface area contributed by atoms with Crippen molar-refractivity contribution in [3.63, 3.8) is 0 Å². The number of rotatable bonds is 3. The van der Waals surface area contributed by atoms with Crippen molar-refractivity contribution in [2.24, 2.45) is 0 Å². The molecule has 0 spiro atoms. The first kappa shape index (κ1) is 17.7. The lowest BCUT2D eigenvalue weighted by atomic mass is 10.1. The summed E-state index contributed by atoms with van der Waals surface area (Å²) in [5, 5.41) is 1.26. The average Bonchev–Trinajstić information content (AvgIpc) is 3.04. The molecule has 1 aliphatic rings. The van der Waals surface area contributed by atoms with Gasteiger partial charge in [0.25, 0.3) is 5.56 Å². The fraction of sp³-hybridized carbons (Fsp3) is 0.190. The van der Waals surface area contributed by atoms with Crippen molar-refractivity contribution in [2.75, 3.05) is 6.54 Å². The maximum atomic E-state index is 12.6. The number of nitrogens with zero attached hydrogens (tertiary/aromatic N) is 3. The minimum absolute atomic E-state index is 0.0282. The third kappa shape index (κ3) is 3.19. The van der Waals surface area contributed by atoms with Crippen molar-refractivity contribution < 1.29 is 0 Å². The number of thiophene rings is 1. The molecule has 0 saturated carbocycles. The molecule has 4 heterocycles. The number of hydrogen-bond acceptors (Lipinski definition) is 5. The van der Waals surface area contributed by atoms with E-state index >= 15 is 0 Å². The zero-order valence-corrected chi connectivity index (χ0v) is 17.4. The molecule has 0 amide bonds. The predicted octanol–water partition coefficient (Wildman–Crippen LogP) is 4.37. The summed E-state index contributed by atoms with van der Waals surface area (Å²) < 4.78 is 2.46. The van der Waals surface area contributed by atoms with E-state index in [-0.39, 0.29) is 5.56 Å². The lowest BCUT2D eigenvalue weighted by molar-refractivity contribution is 0.242. The number of fused-ring (bicyclic) bond motifs is 2. The lowest BCUT2D eigenvalue weighted by Gasteiger charge is -2.27. The SMILES string of the molecule is O=c1[nH]c(-c2ccncc2)nc2c1CCN(Cc1sc3ccccc3c1Br)C2. The molecule has 28 heavy (non-hydrogen) atoms. The molecule has 0 fully saturated rings. The van der Waals surface area contributed by atoms with E-state index in [9.17, 15) is 4.79 Å². The maximum Gasteiger partial charge on any atom is 0.254 e. The molecule has 3 aromatic heterocycles. The molecule has 7 heteroatoms. The zero-order valence-electron chi connectivity index (χ0n) is 15.0. The predicted molar refractivity (Wildman–Crippen MR) is 115 cm³/mol. The second-order valence-corrected chi connectivity index (χ2v) is 8.80. The van der Waals surface area contributed by atoms with Gasteiger partial charge < -0.3 is 4.98 Å². The lowest BCUT2D eigenvalue weighted by Crippen LogP contribution is -2.34. The highest BCUT2D eigenvalue weighted by atomic mass is 79.9. The number of hydrogen-bond donors (Lipinski definition) is 1. The van der Waals surface area contributed by atoms with Crippen molar-refractivity contribution in [3.8, 4) is 11.4 Å². The van der Waals surface area contributed by atoms with E-state index < -0.39 is 0 Å². The number of nitrogens with one attached hydrogen (secondary N) is 1. The van der Waals surface area contributed by atoms with Gasteiger partial charge in [-0.1, -0.05) is 18.2 Å². The molecule has 0 unspecified atom stereocenters. The fourth-order valence-electron chi connectivity index (χ4n) is 3.64. The number of aromatic nitrogens is 3. The average molecular weight is 453 g/mol. The number of aromatic amines is 1. The van der Waals surface area contributed by atoms with Crippen LogP contribution in [0.5, 0.6) is 0 Å². The molecule has 1 N–H and O–H groups in total. The van der Waals surface area contributed by atoms with Crippen LogP contribution in [0.15, 0.2) is 58.1 Å². The largest absolute Gasteiger partial charge is 0.306 e. The van der Waals surface area contributed by atoms with Gasteiger partial charge in [0.1, 0.15) is 5.82 Å². The molecule has 1 aliphatic heterocycles. The van der Waals surface area contributed by atoms with Crippen molar-refractivity contribution in [1.29, 1.82) is 0 Å². The van der Waals surface area contributed by atoms with E-state index in [2.05, 4.69) is 55.1 Å². The summed E-state index contributed by atoms with van der Waals surface area (Å²) >= 11 is 5.59. The summed E-state index contributed by atoms with van der Waals surface area (Å²) in [6.45, 7) is 2.38. The fourth-order valence-corrected chi connectivity index (χ4v) is 5.63. The second-order valence-electron chi connectivity index (χ2n) is 6.87. The third-order valence-electron chi connectivity index (χ3n) is 5.08. The Kier molecular flexibility index (Phi) is 4.58. The quantitative estimate of drug-likeness (QED) is 0.501. The highest BCUT2D eigenvalue weighted by Gasteiger charge is 2.23. The standard InChI is InChI=1S/C21H17BrN4OS/c22-19-15-3-1-2-4-17(15)28-18(19)12-26-10-7-14-16(11-26)24-20(25-21(14)27)13-5-8-23-9-6-13/h1-6,8-9H,7,10-12H2,(H,24,25,27). The summed E-state index contributed by atoms with van der Waals surface area (Å²) in [5.41, 5.74) is 2.53. The van der Waals surface area contributed by atoms with Crippen LogP contribution in [0.25, 0.3) is 21.5 Å². The molecule has 140 valence electrons. The normalized spacial score (nSPS) is 14.3. The maximum absolute atomic E-state index is 12.6. The smallest absolute Gasteiger partial charge is 0.254 e. The topological polar surface area (TPSA) is 61.9 Å². The molecular formula is C21H17BrN4OS. The van der Waals surface area contributed by atoms with Gasteiger partial charge >= 0.3 is 0 Å². The van der Waals surface area contributed by atoms with Crippen LogP contribution >= 0.6 is 27.3 Å². The Morgan fingerprint density at radius 2 is 2.00 bits per heavy atom. The van der Waals surface area contributed by atoms with Crippen LogP contribution in [0.2, 0.25) is 0 Å². The van der Waals surface area contributed by atoms with E-state index in [1.54, 1.807) is 12.4 Å². The first-order chi connectivity index (χ1) is 13.7. The third-order valence-corrected chi connectivity index (χ3v) is 7.40. The number of benzene rings is 1. The van der Waals surface area contributed by atoms with Gasteiger partial charge in [-0.2, -0.15) is 0 Å². The Balaban J connectivity index is 1.45. The van der Waals surface area contributed by atoms with Gasteiger partial charge in [-0.05, 0) is 40.5 Å². The molecular weight excluding hydrogens is 436 g/mol. The van der Waals surface area contributed by atoms with E-state index in [4.69, 9.17) is 4.98 Å². The highest BCUT2D eigenvalue weighted by Crippen LogP contribution is 2.36. The molecule has 1 aromatic carbocycles. The van der Waals surface area contributed by atoms with Crippen LogP contribution < -0.4 is 5.56 Å². The molecule has 0 aliphatic carbocycles. The molecule has 0 atom stereocenters. The van der Waals surface area contributed by atoms with Crippen molar-refractivity contribution in [1.82, 2.24) is 19.9 Å². The Bertz CT molecular complexity index is 1220. The van der Waals surface area contributed by atoms with Gasteiger partial charge in [-0.15, -0.1) is 11.3 Å². The molecule has 5 nitrogen and oxygen atoms in total. The monoisotopic (exact) mass is 452 g/mol. The summed E-state index contributed by atoms with van der Waals surface area (Å²) in [6.07, 6.45) is 4.14. The second kappa shape index (κ2) is 7.24. The van der Waals surface area contributed by atoms with Crippen LogP contribution in [0.3, 0.4) is 0 Å². The summed E-state index contributed by atoms with van der Waals surface area (Å²) in [7, 11) is 0. The first-order valence-electron chi connectivity index (χ1n) is 9.10. The minimum Gasteiger partial charge on any atom is -0.306 e. The van der Waals surface area contributed by atoms with Crippen molar-refractivity contribution in [2.45, 2.75) is 19.5 Å². The van der Waals surface area contributed by atoms with Gasteiger partial charge in [0.05, 0.1) is 5.69 Å². The Labute approximate surface area is 174 Å². The highest BCUT2D eigenvalue weighted by molar-refractivity contribution is 9.10. The first-order valence-corrected chi connectivity index (χ1v) is 10.7. The number of halogens is 1. The molecule has 0 radical (unpaired) electrons. The van der Waals surface area contributed by atoms with E-state index in [0.717, 1.165) is 36.3 Å². The minimum atomic E-state index is -0.0282. The van der Waals surface area contributed by atoms with Gasteiger partial charge in [-0.3, -0.25) is 14.7 Å². The molecule has 5 rings (SSSR count). The number of H-pyrrole nitrogens is 1. The van der Waals surface area contributed by atoms with Crippen molar-refractivity contribution >= 4 is 37.4 Å². The van der Waals surface area contributed by atoms with E-state index in [1.807, 2.05) is 23.5 Å². The van der Waals surface area contributed by atoms with E-state index in [0.29, 0.717) is 12.4 Å². The van der Waals surface area contributed by atoms with Crippen LogP contribution in [0.4, 0.5) is 0 Å². The zero-order chi connectivity index (χ0) is 19.1. The summed E-state index contributed by atoms with van der Waals surface area (Å²) in [6, 6.07) is 12.2. The van der Waals surface area contributed by atoms with E-state index in [1.165, 1.54) is 19.4 Å². The van der Waals surface area contributed by atoms with Gasteiger partial charge in [0, 0.05) is 62.6 Å². The van der Waals surface area contributed by atoms with Gasteiger partial charge in [-0.25, -0.2) is 4.98 Å².